The predicted octanol–water partition coefficient (Wildman–Crippen LogP) is 3.51. The number of thiazole rings is 1. The second kappa shape index (κ2) is 6.31. The number of benzene rings is 1. The van der Waals surface area contributed by atoms with Crippen molar-refractivity contribution in [2.24, 2.45) is 0 Å². The molecule has 18 heavy (non-hydrogen) atoms. The van der Waals surface area contributed by atoms with Crippen molar-refractivity contribution in [1.29, 1.82) is 0 Å². The van der Waals surface area contributed by atoms with Crippen LogP contribution in [-0.2, 0) is 6.42 Å². The van der Waals surface area contributed by atoms with Gasteiger partial charge < -0.3 is 9.84 Å². The smallest absolute Gasteiger partial charge is 0.133 e. The number of hydrogen-bond acceptors (Lipinski definition) is 4. The molecular weight excluding hydrogens is 314 g/mol. The van der Waals surface area contributed by atoms with Crippen molar-refractivity contribution in [3.63, 3.8) is 0 Å². The molecule has 0 saturated carbocycles. The average molecular weight is 328 g/mol. The topological polar surface area (TPSA) is 42.4 Å². The van der Waals surface area contributed by atoms with Gasteiger partial charge in [0.15, 0.2) is 0 Å². The number of aromatic nitrogens is 1. The van der Waals surface area contributed by atoms with Gasteiger partial charge in [-0.2, -0.15) is 0 Å². The number of aliphatic hydroxyl groups excluding tert-OH is 1. The van der Waals surface area contributed by atoms with Gasteiger partial charge in [-0.3, -0.25) is 0 Å². The van der Waals surface area contributed by atoms with Crippen LogP contribution in [0.1, 0.15) is 12.1 Å². The lowest BCUT2D eigenvalue weighted by Gasteiger charge is -2.04. The number of halogens is 1. The van der Waals surface area contributed by atoms with Crippen LogP contribution in [-0.4, -0.2) is 23.8 Å². The molecule has 2 aromatic rings. The summed E-state index contributed by atoms with van der Waals surface area (Å²) in [6.45, 7) is 0.209. The fraction of sp³-hybridized carbons (Fsp3) is 0.308. The van der Waals surface area contributed by atoms with E-state index >= 15 is 0 Å². The first-order valence-corrected chi connectivity index (χ1v) is 7.31. The third kappa shape index (κ3) is 3.10. The summed E-state index contributed by atoms with van der Waals surface area (Å²) in [6, 6.07) is 5.93. The highest BCUT2D eigenvalue weighted by Crippen LogP contribution is 2.32. The largest absolute Gasteiger partial charge is 0.496 e. The zero-order valence-corrected chi connectivity index (χ0v) is 12.4. The van der Waals surface area contributed by atoms with E-state index in [1.54, 1.807) is 18.4 Å². The highest BCUT2D eigenvalue weighted by molar-refractivity contribution is 9.10. The first-order chi connectivity index (χ1) is 8.74. The lowest BCUT2D eigenvalue weighted by atomic mass is 10.2. The van der Waals surface area contributed by atoms with Crippen LogP contribution in [0.25, 0.3) is 10.6 Å². The highest BCUT2D eigenvalue weighted by Gasteiger charge is 2.07. The van der Waals surface area contributed by atoms with E-state index in [0.717, 1.165) is 39.3 Å². The molecule has 0 aliphatic rings. The molecule has 0 unspecified atom stereocenters. The van der Waals surface area contributed by atoms with Gasteiger partial charge in [0, 0.05) is 17.6 Å². The molecule has 0 radical (unpaired) electrons. The molecule has 1 aromatic heterocycles. The maximum atomic E-state index is 8.80. The van der Waals surface area contributed by atoms with Crippen LogP contribution in [0.5, 0.6) is 5.75 Å². The minimum Gasteiger partial charge on any atom is -0.496 e. The monoisotopic (exact) mass is 327 g/mol. The van der Waals surface area contributed by atoms with E-state index in [2.05, 4.69) is 20.9 Å². The van der Waals surface area contributed by atoms with Gasteiger partial charge in [-0.15, -0.1) is 11.3 Å². The average Bonchev–Trinajstić information content (AvgIpc) is 2.85. The lowest BCUT2D eigenvalue weighted by molar-refractivity contribution is 0.288. The molecule has 0 fully saturated rings. The fourth-order valence-electron chi connectivity index (χ4n) is 1.61. The quantitative estimate of drug-likeness (QED) is 0.913. The van der Waals surface area contributed by atoms with Gasteiger partial charge >= 0.3 is 0 Å². The third-order valence-corrected chi connectivity index (χ3v) is 4.10. The van der Waals surface area contributed by atoms with E-state index in [4.69, 9.17) is 9.84 Å². The van der Waals surface area contributed by atoms with E-state index in [0.29, 0.717) is 0 Å². The molecule has 1 N–H and O–H groups in total. The first kappa shape index (κ1) is 13.5. The van der Waals surface area contributed by atoms with Crippen LogP contribution in [0.4, 0.5) is 0 Å². The fourth-order valence-corrected chi connectivity index (χ4v) is 3.01. The molecule has 3 nitrogen and oxygen atoms in total. The van der Waals surface area contributed by atoms with Crippen molar-refractivity contribution in [1.82, 2.24) is 4.98 Å². The Balaban J connectivity index is 2.20. The first-order valence-electron chi connectivity index (χ1n) is 5.63. The van der Waals surface area contributed by atoms with E-state index in [1.165, 1.54) is 0 Å². The minimum atomic E-state index is 0.209. The second-order valence-corrected chi connectivity index (χ2v) is 5.53. The molecule has 0 amide bonds. The van der Waals surface area contributed by atoms with Gasteiger partial charge in [0.05, 0.1) is 17.3 Å². The van der Waals surface area contributed by atoms with Gasteiger partial charge in [-0.1, -0.05) is 0 Å². The Kier molecular flexibility index (Phi) is 4.74. The number of methoxy groups -OCH3 is 1. The third-order valence-electron chi connectivity index (χ3n) is 2.54. The standard InChI is InChI=1S/C13H14BrNO2S/c1-17-12-5-4-9(7-11(12)14)13-15-10(8-18-13)3-2-6-16/h4-5,7-8,16H,2-3,6H2,1H3. The molecule has 0 bridgehead atoms. The van der Waals surface area contributed by atoms with E-state index in [-0.39, 0.29) is 6.61 Å². The normalized spacial score (nSPS) is 10.6. The molecular formula is C13H14BrNO2S. The minimum absolute atomic E-state index is 0.209. The van der Waals surface area contributed by atoms with E-state index in [1.807, 2.05) is 23.6 Å². The molecule has 0 aliphatic carbocycles. The van der Waals surface area contributed by atoms with Crippen LogP contribution in [0.3, 0.4) is 0 Å². The number of hydrogen-bond donors (Lipinski definition) is 1. The van der Waals surface area contributed by atoms with Crippen molar-refractivity contribution in [3.8, 4) is 16.3 Å². The molecule has 0 atom stereocenters. The Hall–Kier alpha value is -0.910. The van der Waals surface area contributed by atoms with Crippen LogP contribution < -0.4 is 4.74 Å². The Bertz CT molecular complexity index is 527. The Morgan fingerprint density at radius 3 is 2.94 bits per heavy atom. The Morgan fingerprint density at radius 1 is 1.44 bits per heavy atom. The number of aliphatic hydroxyl groups is 1. The summed E-state index contributed by atoms with van der Waals surface area (Å²) in [5.41, 5.74) is 2.11. The predicted molar refractivity (Wildman–Crippen MR) is 77.2 cm³/mol. The van der Waals surface area contributed by atoms with Crippen LogP contribution >= 0.6 is 27.3 Å². The van der Waals surface area contributed by atoms with Crippen LogP contribution in [0.15, 0.2) is 28.1 Å². The zero-order valence-electron chi connectivity index (χ0n) is 10.0. The van der Waals surface area contributed by atoms with Gasteiger partial charge in [-0.05, 0) is 47.0 Å². The van der Waals surface area contributed by atoms with E-state index in [9.17, 15) is 0 Å². The number of rotatable bonds is 5. The molecule has 1 aromatic carbocycles. The van der Waals surface area contributed by atoms with Gasteiger partial charge in [0.2, 0.25) is 0 Å². The number of nitrogens with zero attached hydrogens (tertiary/aromatic N) is 1. The molecule has 0 spiro atoms. The molecule has 2 rings (SSSR count). The molecule has 5 heteroatoms. The van der Waals surface area contributed by atoms with Crippen molar-refractivity contribution in [2.75, 3.05) is 13.7 Å². The maximum Gasteiger partial charge on any atom is 0.133 e. The Labute approximate surface area is 119 Å². The zero-order chi connectivity index (χ0) is 13.0. The molecule has 0 aliphatic heterocycles. The second-order valence-electron chi connectivity index (χ2n) is 3.82. The van der Waals surface area contributed by atoms with Crippen LogP contribution in [0, 0.1) is 0 Å². The molecule has 96 valence electrons. The van der Waals surface area contributed by atoms with Crippen molar-refractivity contribution >= 4 is 27.3 Å². The van der Waals surface area contributed by atoms with Gasteiger partial charge in [0.1, 0.15) is 10.8 Å². The summed E-state index contributed by atoms with van der Waals surface area (Å²) in [5, 5.41) is 11.8. The van der Waals surface area contributed by atoms with Crippen LogP contribution in [0.2, 0.25) is 0 Å². The molecule has 1 heterocycles. The van der Waals surface area contributed by atoms with E-state index < -0.39 is 0 Å². The van der Waals surface area contributed by atoms with Gasteiger partial charge in [0.25, 0.3) is 0 Å². The number of ether oxygens (including phenoxy) is 1. The van der Waals surface area contributed by atoms with Crippen molar-refractivity contribution < 1.29 is 9.84 Å². The highest BCUT2D eigenvalue weighted by atomic mass is 79.9. The summed E-state index contributed by atoms with van der Waals surface area (Å²) in [4.78, 5) is 4.56. The summed E-state index contributed by atoms with van der Waals surface area (Å²) in [7, 11) is 1.65. The van der Waals surface area contributed by atoms with Crippen molar-refractivity contribution in [3.05, 3.63) is 33.7 Å². The Morgan fingerprint density at radius 2 is 2.28 bits per heavy atom. The van der Waals surface area contributed by atoms with Gasteiger partial charge in [-0.25, -0.2) is 4.98 Å². The number of aryl methyl sites for hydroxylation is 1. The summed E-state index contributed by atoms with van der Waals surface area (Å²) in [6.07, 6.45) is 1.58. The molecule has 0 saturated heterocycles. The maximum absolute atomic E-state index is 8.80. The summed E-state index contributed by atoms with van der Waals surface area (Å²) >= 11 is 5.09. The SMILES string of the molecule is COc1ccc(-c2nc(CCCO)cs2)cc1Br. The summed E-state index contributed by atoms with van der Waals surface area (Å²) < 4.78 is 6.13. The lowest BCUT2D eigenvalue weighted by Crippen LogP contribution is -1.89. The van der Waals surface area contributed by atoms with Crippen molar-refractivity contribution in [2.45, 2.75) is 12.8 Å². The summed E-state index contributed by atoms with van der Waals surface area (Å²) in [5.74, 6) is 0.816.